The zero-order valence-electron chi connectivity index (χ0n) is 9.22. The quantitative estimate of drug-likeness (QED) is 0.854. The van der Waals surface area contributed by atoms with Crippen molar-refractivity contribution in [3.8, 4) is 0 Å². The minimum Gasteiger partial charge on any atom is -0.332 e. The van der Waals surface area contributed by atoms with Gasteiger partial charge in [-0.25, -0.2) is 4.98 Å². The highest BCUT2D eigenvalue weighted by atomic mass is 32.2. The summed E-state index contributed by atoms with van der Waals surface area (Å²) in [5.41, 5.74) is 7.23. The van der Waals surface area contributed by atoms with Gasteiger partial charge in [0.2, 0.25) is 0 Å². The van der Waals surface area contributed by atoms with Gasteiger partial charge in [0.1, 0.15) is 0 Å². The summed E-state index contributed by atoms with van der Waals surface area (Å²) >= 11 is 2.08. The van der Waals surface area contributed by atoms with Crippen LogP contribution >= 0.6 is 11.8 Å². The first-order valence-corrected chi connectivity index (χ1v) is 6.73. The summed E-state index contributed by atoms with van der Waals surface area (Å²) in [5, 5.41) is 0.766. The Hall–Kier alpha value is -0.480. The fraction of sp³-hybridized carbons (Fsp3) is 0.727. The van der Waals surface area contributed by atoms with E-state index in [1.165, 1.54) is 24.3 Å². The summed E-state index contributed by atoms with van der Waals surface area (Å²) in [4.78, 5) is 4.21. The van der Waals surface area contributed by atoms with Crippen molar-refractivity contribution in [1.29, 1.82) is 0 Å². The molecule has 0 aliphatic carbocycles. The van der Waals surface area contributed by atoms with Gasteiger partial charge in [0.25, 0.3) is 0 Å². The first-order valence-electron chi connectivity index (χ1n) is 5.68. The molecule has 1 saturated heterocycles. The molecule has 0 amide bonds. The molecule has 0 saturated carbocycles. The van der Waals surface area contributed by atoms with E-state index in [0.29, 0.717) is 0 Å². The zero-order chi connectivity index (χ0) is 10.7. The number of hydrogen-bond acceptors (Lipinski definition) is 3. The molecule has 3 nitrogen and oxygen atoms in total. The Morgan fingerprint density at radius 1 is 1.73 bits per heavy atom. The molecule has 0 spiro atoms. The lowest BCUT2D eigenvalue weighted by Gasteiger charge is -2.15. The number of nitrogens with two attached hydrogens (primary N) is 1. The monoisotopic (exact) mass is 225 g/mol. The summed E-state index contributed by atoms with van der Waals surface area (Å²) in [7, 11) is 0. The van der Waals surface area contributed by atoms with Crippen LogP contribution in [0.25, 0.3) is 0 Å². The van der Waals surface area contributed by atoms with Gasteiger partial charge in [-0.3, -0.25) is 0 Å². The van der Waals surface area contributed by atoms with Gasteiger partial charge in [0.15, 0.2) is 0 Å². The van der Waals surface area contributed by atoms with Crippen molar-refractivity contribution >= 4 is 11.8 Å². The van der Waals surface area contributed by atoms with Crippen molar-refractivity contribution in [2.75, 3.05) is 5.75 Å². The molecule has 2 N–H and O–H groups in total. The van der Waals surface area contributed by atoms with Gasteiger partial charge in [0.05, 0.1) is 12.0 Å². The topological polar surface area (TPSA) is 43.8 Å². The first-order chi connectivity index (χ1) is 7.31. The maximum Gasteiger partial charge on any atom is 0.0949 e. The van der Waals surface area contributed by atoms with Gasteiger partial charge in [-0.15, -0.1) is 0 Å². The Bertz CT molecular complexity index is 305. The zero-order valence-corrected chi connectivity index (χ0v) is 10.0. The molecule has 4 heteroatoms. The van der Waals surface area contributed by atoms with Crippen LogP contribution in [0.1, 0.15) is 37.9 Å². The maximum absolute atomic E-state index is 6.05. The molecule has 84 valence electrons. The van der Waals surface area contributed by atoms with Crippen molar-refractivity contribution in [2.24, 2.45) is 5.73 Å². The van der Waals surface area contributed by atoms with E-state index >= 15 is 0 Å². The molecule has 1 unspecified atom stereocenters. The molecule has 1 aliphatic rings. The number of hydrogen-bond donors (Lipinski definition) is 1. The van der Waals surface area contributed by atoms with E-state index in [-0.39, 0.29) is 6.04 Å². The Balaban J connectivity index is 2.03. The number of rotatable bonds is 4. The molecule has 2 atom stereocenters. The van der Waals surface area contributed by atoms with Crippen LogP contribution in [0.3, 0.4) is 0 Å². The van der Waals surface area contributed by atoms with Crippen molar-refractivity contribution in [3.05, 3.63) is 18.2 Å². The van der Waals surface area contributed by atoms with Gasteiger partial charge in [-0.2, -0.15) is 11.8 Å². The fourth-order valence-electron chi connectivity index (χ4n) is 2.01. The van der Waals surface area contributed by atoms with Gasteiger partial charge in [-0.1, -0.05) is 6.92 Å². The van der Waals surface area contributed by atoms with E-state index < -0.39 is 0 Å². The third kappa shape index (κ3) is 2.55. The normalized spacial score (nSPS) is 23.2. The summed E-state index contributed by atoms with van der Waals surface area (Å²) < 4.78 is 2.23. The predicted molar refractivity (Wildman–Crippen MR) is 64.9 cm³/mol. The minimum atomic E-state index is 0.138. The van der Waals surface area contributed by atoms with Gasteiger partial charge >= 0.3 is 0 Å². The summed E-state index contributed by atoms with van der Waals surface area (Å²) in [6.07, 6.45) is 7.50. The van der Waals surface area contributed by atoms with Crippen LogP contribution in [0.4, 0.5) is 0 Å². The molecular weight excluding hydrogens is 206 g/mol. The van der Waals surface area contributed by atoms with Crippen molar-refractivity contribution in [1.82, 2.24) is 9.55 Å². The molecule has 15 heavy (non-hydrogen) atoms. The molecule has 1 fully saturated rings. The van der Waals surface area contributed by atoms with Crippen LogP contribution in [0.2, 0.25) is 0 Å². The second-order valence-corrected chi connectivity index (χ2v) is 5.53. The predicted octanol–water partition coefficient (Wildman–Crippen LogP) is 2.19. The number of thioether (sulfide) groups is 1. The molecule has 1 aliphatic heterocycles. The number of aromatic nitrogens is 2. The van der Waals surface area contributed by atoms with Crippen LogP contribution in [0, 0.1) is 0 Å². The van der Waals surface area contributed by atoms with E-state index in [1.807, 2.05) is 12.5 Å². The standard InChI is InChI=1S/C11H19N3S/c1-2-10(12)11-6-13-8-14(11)7-9-4-3-5-15-9/h6,8-10H,2-5,7,12H2,1H3/t9?,10-/m1/s1. The van der Waals surface area contributed by atoms with Crippen LogP contribution in [0.5, 0.6) is 0 Å². The van der Waals surface area contributed by atoms with Crippen molar-refractivity contribution in [3.63, 3.8) is 0 Å². The fourth-order valence-corrected chi connectivity index (χ4v) is 3.28. The molecule has 0 bridgehead atoms. The smallest absolute Gasteiger partial charge is 0.0949 e. The average Bonchev–Trinajstić information content (AvgIpc) is 2.88. The minimum absolute atomic E-state index is 0.138. The molecule has 0 radical (unpaired) electrons. The number of imidazole rings is 1. The van der Waals surface area contributed by atoms with E-state index in [2.05, 4.69) is 28.2 Å². The van der Waals surface area contributed by atoms with E-state index in [0.717, 1.165) is 18.2 Å². The Labute approximate surface area is 95.4 Å². The Morgan fingerprint density at radius 3 is 3.27 bits per heavy atom. The van der Waals surface area contributed by atoms with Crippen LogP contribution in [-0.4, -0.2) is 20.6 Å². The van der Waals surface area contributed by atoms with Crippen LogP contribution in [0.15, 0.2) is 12.5 Å². The molecular formula is C11H19N3S. The molecule has 1 aromatic rings. The lowest BCUT2D eigenvalue weighted by molar-refractivity contribution is 0.569. The third-order valence-electron chi connectivity index (χ3n) is 2.99. The molecule has 2 rings (SSSR count). The Kier molecular flexibility index (Phi) is 3.70. The van der Waals surface area contributed by atoms with Crippen molar-refractivity contribution in [2.45, 2.75) is 44.0 Å². The largest absolute Gasteiger partial charge is 0.332 e. The summed E-state index contributed by atoms with van der Waals surface area (Å²) in [6.45, 7) is 3.19. The van der Waals surface area contributed by atoms with Crippen molar-refractivity contribution < 1.29 is 0 Å². The number of nitrogens with zero attached hydrogens (tertiary/aromatic N) is 2. The summed E-state index contributed by atoms with van der Waals surface area (Å²) in [6, 6.07) is 0.138. The highest BCUT2D eigenvalue weighted by molar-refractivity contribution is 8.00. The maximum atomic E-state index is 6.05. The molecule has 0 aromatic carbocycles. The second-order valence-electron chi connectivity index (χ2n) is 4.12. The second kappa shape index (κ2) is 5.03. The van der Waals surface area contributed by atoms with Gasteiger partial charge in [0, 0.05) is 24.0 Å². The lowest BCUT2D eigenvalue weighted by atomic mass is 10.2. The first kappa shape index (κ1) is 11.0. The van der Waals surface area contributed by atoms with Crippen LogP contribution in [-0.2, 0) is 6.54 Å². The average molecular weight is 225 g/mol. The summed E-state index contributed by atoms with van der Waals surface area (Å²) in [5.74, 6) is 1.31. The highest BCUT2D eigenvalue weighted by Crippen LogP contribution is 2.28. The lowest BCUT2D eigenvalue weighted by Crippen LogP contribution is -2.17. The van der Waals surface area contributed by atoms with Crippen LogP contribution < -0.4 is 5.73 Å². The SMILES string of the molecule is CC[C@@H](N)c1cncn1CC1CCCS1. The van der Waals surface area contributed by atoms with E-state index in [4.69, 9.17) is 5.73 Å². The molecule has 1 aromatic heterocycles. The van der Waals surface area contributed by atoms with Gasteiger partial charge in [-0.05, 0) is 25.0 Å². The van der Waals surface area contributed by atoms with E-state index in [1.54, 1.807) is 0 Å². The van der Waals surface area contributed by atoms with Gasteiger partial charge < -0.3 is 10.3 Å². The van der Waals surface area contributed by atoms with E-state index in [9.17, 15) is 0 Å². The molecule has 2 heterocycles. The Morgan fingerprint density at radius 2 is 2.60 bits per heavy atom. The third-order valence-corrected chi connectivity index (χ3v) is 4.37. The highest BCUT2D eigenvalue weighted by Gasteiger charge is 2.18.